The van der Waals surface area contributed by atoms with Crippen molar-refractivity contribution in [3.8, 4) is 0 Å². The zero-order valence-electron chi connectivity index (χ0n) is 15.5. The maximum absolute atomic E-state index is 15.8. The number of hydrogen-bond acceptors (Lipinski definition) is 5. The lowest BCUT2D eigenvalue weighted by Gasteiger charge is -2.35. The molecule has 0 radical (unpaired) electrons. The van der Waals surface area contributed by atoms with Crippen LogP contribution in [0, 0.1) is 0 Å². The van der Waals surface area contributed by atoms with Gasteiger partial charge >= 0.3 is 5.69 Å². The molecule has 1 aliphatic heterocycles. The fourth-order valence-electron chi connectivity index (χ4n) is 4.21. The van der Waals surface area contributed by atoms with Gasteiger partial charge in [-0.15, -0.1) is 0 Å². The van der Waals surface area contributed by atoms with Crippen LogP contribution in [0.3, 0.4) is 0 Å². The van der Waals surface area contributed by atoms with Gasteiger partial charge in [0.2, 0.25) is 0 Å². The van der Waals surface area contributed by atoms with Gasteiger partial charge in [0.15, 0.2) is 14.0 Å². The van der Waals surface area contributed by atoms with Crippen molar-refractivity contribution in [2.24, 2.45) is 0 Å². The molecular formula is C17H27FN2O5Si. The van der Waals surface area contributed by atoms with Gasteiger partial charge in [-0.1, -0.05) is 20.8 Å². The predicted molar refractivity (Wildman–Crippen MR) is 96.5 cm³/mol. The van der Waals surface area contributed by atoms with Gasteiger partial charge in [-0.05, 0) is 18.1 Å². The molecule has 0 bridgehead atoms. The highest BCUT2D eigenvalue weighted by atomic mass is 28.4. The molecular weight excluding hydrogens is 359 g/mol. The summed E-state index contributed by atoms with van der Waals surface area (Å²) < 4.78 is 29.2. The Morgan fingerprint density at radius 2 is 2.00 bits per heavy atom. The predicted octanol–water partition coefficient (Wildman–Crippen LogP) is 1.17. The van der Waals surface area contributed by atoms with Crippen LogP contribution in [0.15, 0.2) is 21.9 Å². The molecule has 7 nitrogen and oxygen atoms in total. The third-order valence-electron chi connectivity index (χ3n) is 6.21. The van der Waals surface area contributed by atoms with Gasteiger partial charge in [0.1, 0.15) is 17.8 Å². The lowest BCUT2D eigenvalue weighted by Crippen LogP contribution is -2.48. The number of halogens is 1. The standard InChI is InChI=1S/C17H27FN2O5Si/c1-4-26(5-2,6-3)25-17-11-16(17,18)12(24-13(17)10-21)9-20-8-7-14(22)19-15(20)23/h7-8,12-13,21H,4-6,9-11H2,1-3H3,(H,19,22,23)/t12-,13+,16?,17?/m0/s1. The normalized spacial score (nSPS) is 33.3. The molecule has 2 fully saturated rings. The van der Waals surface area contributed by atoms with Crippen LogP contribution in [0.2, 0.25) is 18.1 Å². The minimum atomic E-state index is -2.11. The van der Waals surface area contributed by atoms with E-state index in [-0.39, 0.29) is 19.6 Å². The minimum Gasteiger partial charge on any atom is -0.405 e. The van der Waals surface area contributed by atoms with Crippen molar-refractivity contribution in [2.75, 3.05) is 6.61 Å². The van der Waals surface area contributed by atoms with Crippen molar-refractivity contribution >= 4 is 8.32 Å². The number of nitrogens with zero attached hydrogens (tertiary/aromatic N) is 1. The van der Waals surface area contributed by atoms with E-state index in [1.807, 2.05) is 0 Å². The smallest absolute Gasteiger partial charge is 0.328 e. The number of aliphatic hydroxyl groups is 1. The highest BCUT2D eigenvalue weighted by molar-refractivity contribution is 6.73. The highest BCUT2D eigenvalue weighted by Gasteiger charge is 2.83. The highest BCUT2D eigenvalue weighted by Crippen LogP contribution is 2.66. The number of aromatic amines is 1. The van der Waals surface area contributed by atoms with Gasteiger partial charge in [0.05, 0.1) is 13.2 Å². The first-order valence-electron chi connectivity index (χ1n) is 9.25. The summed E-state index contributed by atoms with van der Waals surface area (Å²) in [5.74, 6) is 0. The van der Waals surface area contributed by atoms with Crippen molar-refractivity contribution in [3.63, 3.8) is 0 Å². The Morgan fingerprint density at radius 3 is 2.54 bits per heavy atom. The summed E-state index contributed by atoms with van der Waals surface area (Å²) in [5.41, 5.74) is -3.96. The molecule has 3 rings (SSSR count). The van der Waals surface area contributed by atoms with E-state index in [1.54, 1.807) is 0 Å². The Kier molecular flexibility index (Phi) is 5.02. The summed E-state index contributed by atoms with van der Waals surface area (Å²) in [7, 11) is -2.11. The molecule has 2 heterocycles. The van der Waals surface area contributed by atoms with Crippen LogP contribution in [0.25, 0.3) is 0 Å². The van der Waals surface area contributed by atoms with Gasteiger partial charge in [-0.3, -0.25) is 14.3 Å². The number of aromatic nitrogens is 2. The van der Waals surface area contributed by atoms with Crippen LogP contribution >= 0.6 is 0 Å². The molecule has 1 aromatic rings. The van der Waals surface area contributed by atoms with E-state index < -0.39 is 43.0 Å². The Hall–Kier alpha value is -1.29. The molecule has 1 saturated heterocycles. The lowest BCUT2D eigenvalue weighted by atomic mass is 10.1. The van der Waals surface area contributed by atoms with Gasteiger partial charge in [0.25, 0.3) is 5.56 Å². The third-order valence-corrected chi connectivity index (χ3v) is 10.9. The maximum atomic E-state index is 15.8. The second-order valence-corrected chi connectivity index (χ2v) is 12.0. The Bertz CT molecular complexity index is 771. The van der Waals surface area contributed by atoms with E-state index in [0.717, 1.165) is 18.1 Å². The van der Waals surface area contributed by atoms with Crippen LogP contribution in [0.1, 0.15) is 27.2 Å². The summed E-state index contributed by atoms with van der Waals surface area (Å²) >= 11 is 0. The summed E-state index contributed by atoms with van der Waals surface area (Å²) in [6, 6.07) is 3.84. The summed E-state index contributed by atoms with van der Waals surface area (Å²) in [6.07, 6.45) is -0.148. The van der Waals surface area contributed by atoms with Crippen molar-refractivity contribution in [3.05, 3.63) is 33.1 Å². The number of H-pyrrole nitrogens is 1. The molecule has 1 saturated carbocycles. The molecule has 9 heteroatoms. The zero-order chi connectivity index (χ0) is 19.2. The van der Waals surface area contributed by atoms with E-state index >= 15 is 4.39 Å². The molecule has 0 aromatic carbocycles. The van der Waals surface area contributed by atoms with Crippen molar-refractivity contribution < 1.29 is 18.7 Å². The van der Waals surface area contributed by atoms with Gasteiger partial charge in [0, 0.05) is 18.7 Å². The minimum absolute atomic E-state index is 0.0351. The second kappa shape index (κ2) is 6.70. The first-order chi connectivity index (χ1) is 12.3. The summed E-state index contributed by atoms with van der Waals surface area (Å²) in [4.78, 5) is 25.3. The number of fused-ring (bicyclic) bond motifs is 1. The summed E-state index contributed by atoms with van der Waals surface area (Å²) in [6.45, 7) is 5.84. The maximum Gasteiger partial charge on any atom is 0.328 e. The van der Waals surface area contributed by atoms with E-state index in [4.69, 9.17) is 9.16 Å². The molecule has 1 aliphatic carbocycles. The fourth-order valence-corrected chi connectivity index (χ4v) is 7.29. The van der Waals surface area contributed by atoms with Crippen molar-refractivity contribution in [2.45, 2.75) is 75.3 Å². The monoisotopic (exact) mass is 386 g/mol. The van der Waals surface area contributed by atoms with Crippen LogP contribution in [0.5, 0.6) is 0 Å². The van der Waals surface area contributed by atoms with Gasteiger partial charge < -0.3 is 14.3 Å². The number of hydrogen-bond donors (Lipinski definition) is 2. The molecule has 2 N–H and O–H groups in total. The molecule has 0 spiro atoms. The number of nitrogens with one attached hydrogen (secondary N) is 1. The number of aliphatic hydroxyl groups excluding tert-OH is 1. The number of rotatable bonds is 8. The van der Waals surface area contributed by atoms with Crippen LogP contribution < -0.4 is 11.2 Å². The molecule has 4 atom stereocenters. The molecule has 146 valence electrons. The number of alkyl halides is 1. The zero-order valence-corrected chi connectivity index (χ0v) is 16.5. The number of ether oxygens (including phenoxy) is 1. The molecule has 2 aliphatic rings. The third kappa shape index (κ3) is 2.81. The first kappa shape index (κ1) is 19.5. The first-order valence-corrected chi connectivity index (χ1v) is 11.8. The summed E-state index contributed by atoms with van der Waals surface area (Å²) in [5, 5.41) is 9.76. The van der Waals surface area contributed by atoms with E-state index in [0.29, 0.717) is 0 Å². The van der Waals surface area contributed by atoms with E-state index in [9.17, 15) is 14.7 Å². The van der Waals surface area contributed by atoms with Gasteiger partial charge in [-0.2, -0.15) is 0 Å². The molecule has 1 aromatic heterocycles. The van der Waals surface area contributed by atoms with Gasteiger partial charge in [-0.25, -0.2) is 9.18 Å². The van der Waals surface area contributed by atoms with Crippen LogP contribution in [-0.4, -0.2) is 53.1 Å². The van der Waals surface area contributed by atoms with Crippen LogP contribution in [0.4, 0.5) is 4.39 Å². The quantitative estimate of drug-likeness (QED) is 0.654. The molecule has 26 heavy (non-hydrogen) atoms. The Balaban J connectivity index is 1.87. The fraction of sp³-hybridized carbons (Fsp3) is 0.765. The topological polar surface area (TPSA) is 93.6 Å². The molecule has 2 unspecified atom stereocenters. The average molecular weight is 386 g/mol. The van der Waals surface area contributed by atoms with E-state index in [1.165, 1.54) is 16.8 Å². The SMILES string of the molecule is CC[Si](CC)(CC)OC12CC1(F)[C@H](Cn1ccc(=O)[nH]c1=O)O[C@@H]2CO. The van der Waals surface area contributed by atoms with E-state index in [2.05, 4.69) is 25.8 Å². The average Bonchev–Trinajstić information content (AvgIpc) is 3.17. The second-order valence-electron chi connectivity index (χ2n) is 7.33. The van der Waals surface area contributed by atoms with Crippen molar-refractivity contribution in [1.29, 1.82) is 0 Å². The Morgan fingerprint density at radius 1 is 1.35 bits per heavy atom. The lowest BCUT2D eigenvalue weighted by molar-refractivity contribution is -0.0617. The largest absolute Gasteiger partial charge is 0.405 e. The van der Waals surface area contributed by atoms with Crippen LogP contribution in [-0.2, 0) is 15.7 Å². The molecule has 0 amide bonds. The van der Waals surface area contributed by atoms with Crippen molar-refractivity contribution in [1.82, 2.24) is 9.55 Å². The Labute approximate surface area is 152 Å².